The quantitative estimate of drug-likeness (QED) is 0.205. The first-order valence-electron chi connectivity index (χ1n) is 15.2. The number of pyridine rings is 2. The lowest BCUT2D eigenvalue weighted by atomic mass is 9.99. The Hall–Kier alpha value is -6.40. The van der Waals surface area contributed by atoms with Crippen LogP contribution in [0, 0.1) is 0 Å². The van der Waals surface area contributed by atoms with Gasteiger partial charge >= 0.3 is 0 Å². The molecule has 0 aliphatic heterocycles. The first kappa shape index (κ1) is 26.0. The highest BCUT2D eigenvalue weighted by atomic mass is 16.1. The highest BCUT2D eigenvalue weighted by Gasteiger charge is 2.20. The van der Waals surface area contributed by atoms with Gasteiger partial charge in [0.2, 0.25) is 0 Å². The van der Waals surface area contributed by atoms with Crippen LogP contribution in [0.2, 0.25) is 0 Å². The maximum Gasteiger partial charge on any atom is 0.281 e. The molecule has 0 N–H and O–H groups in total. The van der Waals surface area contributed by atoms with E-state index in [2.05, 4.69) is 47.4 Å². The lowest BCUT2D eigenvalue weighted by molar-refractivity contribution is 0.681. The molecule has 46 heavy (non-hydrogen) atoms. The molecule has 216 valence electrons. The second kappa shape index (κ2) is 10.4. The maximum absolute atomic E-state index is 14.5. The molecule has 9 aromatic rings. The Morgan fingerprint density at radius 3 is 1.89 bits per heavy atom. The second-order valence-corrected chi connectivity index (χ2v) is 11.3. The average Bonchev–Trinajstić information content (AvgIpc) is 3.45. The van der Waals surface area contributed by atoms with Crippen molar-refractivity contribution >= 4 is 43.7 Å². The molecule has 0 bridgehead atoms. The van der Waals surface area contributed by atoms with Gasteiger partial charge in [0, 0.05) is 33.5 Å². The third-order valence-electron chi connectivity index (χ3n) is 8.59. The van der Waals surface area contributed by atoms with Gasteiger partial charge in [-0.25, -0.2) is 19.6 Å². The highest BCUT2D eigenvalue weighted by molar-refractivity contribution is 6.08. The van der Waals surface area contributed by atoms with Crippen LogP contribution in [-0.4, -0.2) is 24.3 Å². The lowest BCUT2D eigenvalue weighted by Gasteiger charge is -2.17. The van der Waals surface area contributed by atoms with Crippen LogP contribution in [0.15, 0.2) is 157 Å². The van der Waals surface area contributed by atoms with Crippen molar-refractivity contribution in [3.8, 4) is 33.8 Å². The van der Waals surface area contributed by atoms with E-state index in [1.807, 2.05) is 108 Å². The Bertz CT molecular complexity index is 2620. The van der Waals surface area contributed by atoms with E-state index in [9.17, 15) is 4.79 Å². The monoisotopic (exact) mass is 591 g/mol. The zero-order valence-corrected chi connectivity index (χ0v) is 24.6. The summed E-state index contributed by atoms with van der Waals surface area (Å²) in [6, 6.07) is 48.4. The van der Waals surface area contributed by atoms with Crippen LogP contribution in [0.1, 0.15) is 0 Å². The average molecular weight is 592 g/mol. The first-order chi connectivity index (χ1) is 22.7. The third-order valence-corrected chi connectivity index (χ3v) is 8.59. The van der Waals surface area contributed by atoms with E-state index in [1.165, 1.54) is 0 Å². The standard InChI is InChI=1S/C40H25N5O/c46-40-32-18-4-7-20-34(32)43-39(45(40)44-36-21-8-5-16-29(36)30-17-6-9-22-37(30)44)28-15-10-14-27(24-28)35-25-33(26-12-2-1-3-13-26)31-19-11-23-41-38(31)42-35/h1-25H. The number of nitrogens with zero attached hydrogens (tertiary/aromatic N) is 5. The van der Waals surface area contributed by atoms with E-state index in [1.54, 1.807) is 10.9 Å². The molecule has 0 atom stereocenters. The second-order valence-electron chi connectivity index (χ2n) is 11.3. The van der Waals surface area contributed by atoms with Gasteiger partial charge in [0.15, 0.2) is 11.5 Å². The van der Waals surface area contributed by atoms with Gasteiger partial charge in [-0.15, -0.1) is 0 Å². The SMILES string of the molecule is O=c1c2ccccc2nc(-c2cccc(-c3cc(-c4ccccc4)c4cccnc4n3)c2)n1-n1c2ccccc2c2ccccc21. The number of para-hydroxylation sites is 3. The minimum atomic E-state index is -0.142. The van der Waals surface area contributed by atoms with Crippen molar-refractivity contribution in [2.24, 2.45) is 0 Å². The number of benzene rings is 5. The highest BCUT2D eigenvalue weighted by Crippen LogP contribution is 2.34. The van der Waals surface area contributed by atoms with Crippen LogP contribution in [0.5, 0.6) is 0 Å². The summed E-state index contributed by atoms with van der Waals surface area (Å²) in [5.41, 5.74) is 7.67. The van der Waals surface area contributed by atoms with Crippen molar-refractivity contribution in [3.05, 3.63) is 162 Å². The number of hydrogen-bond donors (Lipinski definition) is 0. The van der Waals surface area contributed by atoms with E-state index >= 15 is 0 Å². The van der Waals surface area contributed by atoms with Gasteiger partial charge in [0.1, 0.15) is 0 Å². The minimum Gasteiger partial charge on any atom is -0.267 e. The normalized spacial score (nSPS) is 11.6. The van der Waals surface area contributed by atoms with E-state index < -0.39 is 0 Å². The van der Waals surface area contributed by atoms with Crippen LogP contribution >= 0.6 is 0 Å². The van der Waals surface area contributed by atoms with Gasteiger partial charge < -0.3 is 0 Å². The molecule has 4 aromatic heterocycles. The topological polar surface area (TPSA) is 65.6 Å². The van der Waals surface area contributed by atoms with E-state index in [-0.39, 0.29) is 5.56 Å². The number of fused-ring (bicyclic) bond motifs is 5. The van der Waals surface area contributed by atoms with Crippen LogP contribution in [0.25, 0.3) is 77.5 Å². The van der Waals surface area contributed by atoms with E-state index in [0.717, 1.165) is 55.1 Å². The smallest absolute Gasteiger partial charge is 0.267 e. The minimum absolute atomic E-state index is 0.142. The fourth-order valence-corrected chi connectivity index (χ4v) is 6.49. The predicted octanol–water partition coefficient (Wildman–Crippen LogP) is 8.76. The molecule has 0 fully saturated rings. The number of rotatable bonds is 4. The molecule has 0 unspecified atom stereocenters. The summed E-state index contributed by atoms with van der Waals surface area (Å²) in [6.45, 7) is 0. The summed E-state index contributed by atoms with van der Waals surface area (Å²) in [4.78, 5) is 29.2. The van der Waals surface area contributed by atoms with Gasteiger partial charge in [0.05, 0.1) is 27.6 Å². The van der Waals surface area contributed by atoms with Gasteiger partial charge in [-0.2, -0.15) is 4.68 Å². The summed E-state index contributed by atoms with van der Waals surface area (Å²) in [5, 5.41) is 3.68. The van der Waals surface area contributed by atoms with E-state index in [4.69, 9.17) is 9.97 Å². The molecule has 0 radical (unpaired) electrons. The predicted molar refractivity (Wildman–Crippen MR) is 186 cm³/mol. The molecule has 0 saturated heterocycles. The Kier molecular flexibility index (Phi) is 5.86. The van der Waals surface area contributed by atoms with Crippen molar-refractivity contribution in [2.75, 3.05) is 0 Å². The van der Waals surface area contributed by atoms with Gasteiger partial charge in [-0.1, -0.05) is 97.1 Å². The summed E-state index contributed by atoms with van der Waals surface area (Å²) >= 11 is 0. The van der Waals surface area contributed by atoms with Crippen molar-refractivity contribution in [1.82, 2.24) is 24.3 Å². The van der Waals surface area contributed by atoms with Crippen LogP contribution in [-0.2, 0) is 0 Å². The first-order valence-corrected chi connectivity index (χ1v) is 15.2. The Morgan fingerprint density at radius 2 is 1.11 bits per heavy atom. The van der Waals surface area contributed by atoms with Crippen molar-refractivity contribution in [3.63, 3.8) is 0 Å². The van der Waals surface area contributed by atoms with Crippen LogP contribution in [0.4, 0.5) is 0 Å². The molecule has 9 rings (SSSR count). The number of aromatic nitrogens is 5. The molecule has 4 heterocycles. The number of hydrogen-bond acceptors (Lipinski definition) is 4. The Morgan fingerprint density at radius 1 is 0.478 bits per heavy atom. The van der Waals surface area contributed by atoms with Crippen molar-refractivity contribution < 1.29 is 0 Å². The molecule has 0 aliphatic carbocycles. The fraction of sp³-hybridized carbons (Fsp3) is 0. The van der Waals surface area contributed by atoms with Gasteiger partial charge in [-0.05, 0) is 59.7 Å². The van der Waals surface area contributed by atoms with Gasteiger partial charge in [-0.3, -0.25) is 4.79 Å². The molecule has 0 amide bonds. The third kappa shape index (κ3) is 4.04. The summed E-state index contributed by atoms with van der Waals surface area (Å²) < 4.78 is 3.72. The van der Waals surface area contributed by atoms with Crippen molar-refractivity contribution in [1.29, 1.82) is 0 Å². The summed E-state index contributed by atoms with van der Waals surface area (Å²) in [7, 11) is 0. The summed E-state index contributed by atoms with van der Waals surface area (Å²) in [6.07, 6.45) is 1.77. The Labute approximate surface area is 263 Å². The largest absolute Gasteiger partial charge is 0.281 e. The zero-order valence-electron chi connectivity index (χ0n) is 24.6. The molecule has 6 nitrogen and oxygen atoms in total. The fourth-order valence-electron chi connectivity index (χ4n) is 6.49. The van der Waals surface area contributed by atoms with Crippen molar-refractivity contribution in [2.45, 2.75) is 0 Å². The molecule has 0 aliphatic rings. The lowest BCUT2D eigenvalue weighted by Crippen LogP contribution is -2.28. The molecular weight excluding hydrogens is 566 g/mol. The van der Waals surface area contributed by atoms with Crippen LogP contribution in [0.3, 0.4) is 0 Å². The summed E-state index contributed by atoms with van der Waals surface area (Å²) in [5.74, 6) is 0.541. The van der Waals surface area contributed by atoms with E-state index in [0.29, 0.717) is 22.4 Å². The molecular formula is C40H25N5O. The molecule has 0 saturated carbocycles. The Balaban J connectivity index is 1.32. The van der Waals surface area contributed by atoms with Gasteiger partial charge in [0.25, 0.3) is 5.56 Å². The molecule has 6 heteroatoms. The maximum atomic E-state index is 14.5. The molecule has 0 spiro atoms. The zero-order chi connectivity index (χ0) is 30.6. The molecule has 5 aromatic carbocycles. The van der Waals surface area contributed by atoms with Crippen LogP contribution < -0.4 is 5.56 Å².